The Morgan fingerprint density at radius 3 is 2.50 bits per heavy atom. The predicted molar refractivity (Wildman–Crippen MR) is 64.4 cm³/mol. The van der Waals surface area contributed by atoms with Gasteiger partial charge in [-0.05, 0) is 45.4 Å². The van der Waals surface area contributed by atoms with E-state index in [1.807, 2.05) is 39.0 Å². The van der Waals surface area contributed by atoms with Crippen molar-refractivity contribution in [3.05, 3.63) is 35.4 Å². The van der Waals surface area contributed by atoms with Crippen molar-refractivity contribution in [1.29, 1.82) is 0 Å². The quantitative estimate of drug-likeness (QED) is 0.796. The van der Waals surface area contributed by atoms with Gasteiger partial charge in [-0.15, -0.1) is 0 Å². The molecular formula is C13H19NO2. The molecule has 0 radical (unpaired) electrons. The molecule has 0 spiro atoms. The lowest BCUT2D eigenvalue weighted by Gasteiger charge is -2.20. The molecule has 1 aromatic carbocycles. The number of esters is 1. The predicted octanol–water partition coefficient (Wildman–Crippen LogP) is 2.14. The first-order valence-corrected chi connectivity index (χ1v) is 5.45. The van der Waals surface area contributed by atoms with Crippen molar-refractivity contribution in [2.45, 2.75) is 32.8 Å². The van der Waals surface area contributed by atoms with E-state index in [1.54, 1.807) is 6.07 Å². The zero-order valence-corrected chi connectivity index (χ0v) is 10.1. The number of nitrogens with two attached hydrogens (primary N) is 1. The Hall–Kier alpha value is -1.35. The molecule has 1 rings (SSSR count). The Labute approximate surface area is 96.6 Å². The molecule has 0 atom stereocenters. The van der Waals surface area contributed by atoms with Crippen molar-refractivity contribution >= 4 is 5.97 Å². The Kier molecular flexibility index (Phi) is 4.07. The van der Waals surface area contributed by atoms with Gasteiger partial charge in [0.05, 0.1) is 5.56 Å². The molecule has 0 saturated carbocycles. The number of ether oxygens (including phenoxy) is 1. The fourth-order valence-corrected chi connectivity index (χ4v) is 1.43. The van der Waals surface area contributed by atoms with Crippen LogP contribution in [0.4, 0.5) is 0 Å². The van der Waals surface area contributed by atoms with Crippen molar-refractivity contribution in [2.24, 2.45) is 5.73 Å². The molecule has 0 amide bonds. The highest BCUT2D eigenvalue weighted by atomic mass is 16.6. The summed E-state index contributed by atoms with van der Waals surface area (Å²) in [6, 6.07) is 7.42. The normalized spacial score (nSPS) is 11.2. The van der Waals surface area contributed by atoms with E-state index in [-0.39, 0.29) is 5.97 Å². The molecule has 0 heterocycles. The van der Waals surface area contributed by atoms with Crippen LogP contribution in [0, 0.1) is 0 Å². The topological polar surface area (TPSA) is 52.3 Å². The van der Waals surface area contributed by atoms with Crippen molar-refractivity contribution in [1.82, 2.24) is 0 Å². The molecule has 0 aliphatic rings. The minimum Gasteiger partial charge on any atom is -0.456 e. The van der Waals surface area contributed by atoms with Gasteiger partial charge in [-0.1, -0.05) is 18.2 Å². The van der Waals surface area contributed by atoms with Gasteiger partial charge in [0.15, 0.2) is 0 Å². The first kappa shape index (κ1) is 12.7. The standard InChI is InChI=1S/C13H19NO2/c1-13(2,3)16-12(15)11-7-5-4-6-10(11)8-9-14/h4-7H,8-9,14H2,1-3H3. The smallest absolute Gasteiger partial charge is 0.338 e. The first-order chi connectivity index (χ1) is 7.44. The summed E-state index contributed by atoms with van der Waals surface area (Å²) in [6.07, 6.45) is 0.690. The molecule has 2 N–H and O–H groups in total. The third-order valence-corrected chi connectivity index (χ3v) is 2.05. The highest BCUT2D eigenvalue weighted by Crippen LogP contribution is 2.15. The second-order valence-corrected chi connectivity index (χ2v) is 4.70. The zero-order chi connectivity index (χ0) is 12.2. The number of carbonyl (C=O) groups is 1. The summed E-state index contributed by atoms with van der Waals surface area (Å²) in [5.74, 6) is -0.281. The average molecular weight is 221 g/mol. The van der Waals surface area contributed by atoms with E-state index in [4.69, 9.17) is 10.5 Å². The summed E-state index contributed by atoms with van der Waals surface area (Å²) in [6.45, 7) is 6.10. The molecule has 0 aliphatic heterocycles. The van der Waals surface area contributed by atoms with Crippen LogP contribution in [0.1, 0.15) is 36.7 Å². The van der Waals surface area contributed by atoms with Crippen LogP contribution >= 0.6 is 0 Å². The van der Waals surface area contributed by atoms with Gasteiger partial charge in [0.25, 0.3) is 0 Å². The number of rotatable bonds is 3. The van der Waals surface area contributed by atoms with Gasteiger partial charge in [-0.3, -0.25) is 0 Å². The van der Waals surface area contributed by atoms with Crippen LogP contribution < -0.4 is 5.73 Å². The molecule has 0 bridgehead atoms. The maximum absolute atomic E-state index is 11.9. The number of carbonyl (C=O) groups excluding carboxylic acids is 1. The second-order valence-electron chi connectivity index (χ2n) is 4.70. The van der Waals surface area contributed by atoms with Crippen LogP contribution in [-0.2, 0) is 11.2 Å². The fraction of sp³-hybridized carbons (Fsp3) is 0.462. The largest absolute Gasteiger partial charge is 0.456 e. The number of benzene rings is 1. The third-order valence-electron chi connectivity index (χ3n) is 2.05. The Bertz CT molecular complexity index is 366. The Morgan fingerprint density at radius 2 is 1.94 bits per heavy atom. The summed E-state index contributed by atoms with van der Waals surface area (Å²) in [4.78, 5) is 11.9. The highest BCUT2D eigenvalue weighted by molar-refractivity contribution is 5.91. The van der Waals surface area contributed by atoms with E-state index in [9.17, 15) is 4.79 Å². The van der Waals surface area contributed by atoms with Crippen molar-refractivity contribution in [3.63, 3.8) is 0 Å². The van der Waals surface area contributed by atoms with E-state index in [0.717, 1.165) is 5.56 Å². The van der Waals surface area contributed by atoms with Crippen LogP contribution in [0.15, 0.2) is 24.3 Å². The maximum Gasteiger partial charge on any atom is 0.338 e. The fourth-order valence-electron chi connectivity index (χ4n) is 1.43. The first-order valence-electron chi connectivity index (χ1n) is 5.45. The second kappa shape index (κ2) is 5.12. The summed E-state index contributed by atoms with van der Waals surface area (Å²) in [5.41, 5.74) is 6.60. The lowest BCUT2D eigenvalue weighted by molar-refractivity contribution is 0.00684. The molecule has 1 aromatic rings. The Morgan fingerprint density at radius 1 is 1.31 bits per heavy atom. The molecule has 88 valence electrons. The lowest BCUT2D eigenvalue weighted by atomic mass is 10.0. The van der Waals surface area contributed by atoms with Gasteiger partial charge < -0.3 is 10.5 Å². The average Bonchev–Trinajstić information content (AvgIpc) is 2.16. The minimum absolute atomic E-state index is 0.281. The van der Waals surface area contributed by atoms with Crippen LogP contribution in [-0.4, -0.2) is 18.1 Å². The van der Waals surface area contributed by atoms with Gasteiger partial charge in [-0.25, -0.2) is 4.79 Å². The van der Waals surface area contributed by atoms with Gasteiger partial charge in [-0.2, -0.15) is 0 Å². The molecule has 3 nitrogen and oxygen atoms in total. The molecule has 16 heavy (non-hydrogen) atoms. The van der Waals surface area contributed by atoms with Gasteiger partial charge in [0.2, 0.25) is 0 Å². The molecule has 3 heteroatoms. The summed E-state index contributed by atoms with van der Waals surface area (Å²) in [5, 5.41) is 0. The number of hydrogen-bond donors (Lipinski definition) is 1. The minimum atomic E-state index is -0.465. The monoisotopic (exact) mass is 221 g/mol. The molecule has 0 aromatic heterocycles. The molecule has 0 unspecified atom stereocenters. The van der Waals surface area contributed by atoms with Crippen molar-refractivity contribution in [2.75, 3.05) is 6.54 Å². The van der Waals surface area contributed by atoms with Crippen LogP contribution in [0.5, 0.6) is 0 Å². The van der Waals surface area contributed by atoms with Gasteiger partial charge >= 0.3 is 5.97 Å². The summed E-state index contributed by atoms with van der Waals surface area (Å²) in [7, 11) is 0. The summed E-state index contributed by atoms with van der Waals surface area (Å²) < 4.78 is 5.33. The third kappa shape index (κ3) is 3.66. The van der Waals surface area contributed by atoms with E-state index < -0.39 is 5.60 Å². The van der Waals surface area contributed by atoms with Crippen LogP contribution in [0.2, 0.25) is 0 Å². The molecular weight excluding hydrogens is 202 g/mol. The van der Waals surface area contributed by atoms with Crippen molar-refractivity contribution < 1.29 is 9.53 Å². The van der Waals surface area contributed by atoms with Gasteiger partial charge in [0.1, 0.15) is 5.60 Å². The van der Waals surface area contributed by atoms with E-state index >= 15 is 0 Å². The Balaban J connectivity index is 2.90. The van der Waals surface area contributed by atoms with E-state index in [0.29, 0.717) is 18.5 Å². The van der Waals surface area contributed by atoms with E-state index in [2.05, 4.69) is 0 Å². The highest BCUT2D eigenvalue weighted by Gasteiger charge is 2.19. The molecule has 0 saturated heterocycles. The van der Waals surface area contributed by atoms with Crippen molar-refractivity contribution in [3.8, 4) is 0 Å². The van der Waals surface area contributed by atoms with Crippen LogP contribution in [0.25, 0.3) is 0 Å². The zero-order valence-electron chi connectivity index (χ0n) is 10.1. The maximum atomic E-state index is 11.9. The number of hydrogen-bond acceptors (Lipinski definition) is 3. The molecule has 0 aliphatic carbocycles. The van der Waals surface area contributed by atoms with E-state index in [1.165, 1.54) is 0 Å². The van der Waals surface area contributed by atoms with Gasteiger partial charge in [0, 0.05) is 0 Å². The lowest BCUT2D eigenvalue weighted by Crippen LogP contribution is -2.24. The summed E-state index contributed by atoms with van der Waals surface area (Å²) >= 11 is 0. The SMILES string of the molecule is CC(C)(C)OC(=O)c1ccccc1CCN. The molecule has 0 fully saturated rings. The van der Waals surface area contributed by atoms with Crippen LogP contribution in [0.3, 0.4) is 0 Å².